The molecule has 0 bridgehead atoms. The van der Waals surface area contributed by atoms with E-state index in [4.69, 9.17) is 9.47 Å². The fourth-order valence-corrected chi connectivity index (χ4v) is 4.10. The van der Waals surface area contributed by atoms with E-state index in [9.17, 15) is 18.0 Å². The number of benzene rings is 1. The molecule has 0 saturated carbocycles. The number of nitrogens with zero attached hydrogens (tertiary/aromatic N) is 2. The monoisotopic (exact) mass is 412 g/mol. The SMILES string of the molecule is COc1ccc(C(=O)O[C@H](C)C(=O)N2CCCCCC2)cc1S(=O)(=O)N(C)C. The van der Waals surface area contributed by atoms with Gasteiger partial charge < -0.3 is 14.4 Å². The van der Waals surface area contributed by atoms with Gasteiger partial charge in [0, 0.05) is 27.2 Å². The summed E-state index contributed by atoms with van der Waals surface area (Å²) in [6, 6.07) is 4.02. The van der Waals surface area contributed by atoms with Crippen molar-refractivity contribution in [2.45, 2.75) is 43.6 Å². The Labute approximate surface area is 166 Å². The number of carbonyl (C=O) groups is 2. The van der Waals surface area contributed by atoms with Crippen LogP contribution < -0.4 is 4.74 Å². The summed E-state index contributed by atoms with van der Waals surface area (Å²) >= 11 is 0. The maximum absolute atomic E-state index is 12.6. The molecule has 9 heteroatoms. The molecule has 0 N–H and O–H groups in total. The zero-order valence-electron chi connectivity index (χ0n) is 16.8. The molecule has 0 aromatic heterocycles. The Hall–Kier alpha value is -2.13. The highest BCUT2D eigenvalue weighted by Crippen LogP contribution is 2.27. The Bertz CT molecular complexity index is 814. The van der Waals surface area contributed by atoms with Gasteiger partial charge in [-0.3, -0.25) is 4.79 Å². The predicted molar refractivity (Wildman–Crippen MR) is 104 cm³/mol. The Morgan fingerprint density at radius 3 is 2.25 bits per heavy atom. The molecule has 1 aromatic carbocycles. The van der Waals surface area contributed by atoms with Crippen molar-refractivity contribution in [3.63, 3.8) is 0 Å². The number of hydrogen-bond acceptors (Lipinski definition) is 6. The first-order valence-electron chi connectivity index (χ1n) is 9.29. The molecule has 1 aromatic rings. The minimum absolute atomic E-state index is 0.0386. The number of amides is 1. The molecule has 8 nitrogen and oxygen atoms in total. The number of carbonyl (C=O) groups excluding carboxylic acids is 2. The summed E-state index contributed by atoms with van der Waals surface area (Å²) in [7, 11) is 0.316. The largest absolute Gasteiger partial charge is 0.495 e. The van der Waals surface area contributed by atoms with Gasteiger partial charge in [0.15, 0.2) is 6.10 Å². The second-order valence-corrected chi connectivity index (χ2v) is 9.06. The molecule has 28 heavy (non-hydrogen) atoms. The van der Waals surface area contributed by atoms with Crippen molar-refractivity contribution in [3.8, 4) is 5.75 Å². The topological polar surface area (TPSA) is 93.2 Å². The van der Waals surface area contributed by atoms with Gasteiger partial charge in [-0.2, -0.15) is 0 Å². The van der Waals surface area contributed by atoms with Crippen molar-refractivity contribution in [2.75, 3.05) is 34.3 Å². The number of likely N-dealkylation sites (tertiary alicyclic amines) is 1. The standard InChI is InChI=1S/C19H28N2O6S/c1-14(18(22)21-11-7-5-6-8-12-21)27-19(23)15-9-10-16(26-4)17(13-15)28(24,25)20(2)3/h9-10,13-14H,5-8,11-12H2,1-4H3/t14-/m1/s1. The zero-order chi connectivity index (χ0) is 20.9. The van der Waals surface area contributed by atoms with Gasteiger partial charge in [0.2, 0.25) is 10.0 Å². The van der Waals surface area contributed by atoms with E-state index < -0.39 is 22.1 Å². The van der Waals surface area contributed by atoms with Crippen LogP contribution in [0.4, 0.5) is 0 Å². The fraction of sp³-hybridized carbons (Fsp3) is 0.579. The van der Waals surface area contributed by atoms with Gasteiger partial charge in [-0.25, -0.2) is 17.5 Å². The van der Waals surface area contributed by atoms with E-state index in [0.29, 0.717) is 13.1 Å². The number of sulfonamides is 1. The maximum Gasteiger partial charge on any atom is 0.338 e. The summed E-state index contributed by atoms with van der Waals surface area (Å²) in [6.07, 6.45) is 3.12. The van der Waals surface area contributed by atoms with Gasteiger partial charge in [0.05, 0.1) is 12.7 Å². The van der Waals surface area contributed by atoms with E-state index in [1.807, 2.05) is 0 Å². The lowest BCUT2D eigenvalue weighted by atomic mass is 10.2. The van der Waals surface area contributed by atoms with Crippen LogP contribution >= 0.6 is 0 Å². The smallest absolute Gasteiger partial charge is 0.338 e. The van der Waals surface area contributed by atoms with Gasteiger partial charge in [-0.1, -0.05) is 12.8 Å². The van der Waals surface area contributed by atoms with E-state index in [2.05, 4.69) is 0 Å². The lowest BCUT2D eigenvalue weighted by Gasteiger charge is -2.24. The normalized spacial score (nSPS) is 16.4. The van der Waals surface area contributed by atoms with Crippen LogP contribution in [0.1, 0.15) is 43.0 Å². The highest BCUT2D eigenvalue weighted by molar-refractivity contribution is 7.89. The Balaban J connectivity index is 2.18. The molecule has 1 saturated heterocycles. The van der Waals surface area contributed by atoms with E-state index in [-0.39, 0.29) is 22.1 Å². The quantitative estimate of drug-likeness (QED) is 0.663. The molecular formula is C19H28N2O6S. The number of methoxy groups -OCH3 is 1. The van der Waals surface area contributed by atoms with Crippen molar-refractivity contribution in [2.24, 2.45) is 0 Å². The summed E-state index contributed by atoms with van der Waals surface area (Å²) < 4.78 is 36.4. The highest BCUT2D eigenvalue weighted by atomic mass is 32.2. The summed E-state index contributed by atoms with van der Waals surface area (Å²) in [6.45, 7) is 2.86. The Morgan fingerprint density at radius 2 is 1.71 bits per heavy atom. The van der Waals surface area contributed by atoms with E-state index in [1.165, 1.54) is 46.3 Å². The summed E-state index contributed by atoms with van der Waals surface area (Å²) in [5.74, 6) is -0.864. The van der Waals surface area contributed by atoms with Gasteiger partial charge in [-0.05, 0) is 38.0 Å². The van der Waals surface area contributed by atoms with Crippen LogP contribution in [0.25, 0.3) is 0 Å². The minimum atomic E-state index is -3.82. The van der Waals surface area contributed by atoms with Gasteiger partial charge >= 0.3 is 5.97 Å². The number of ether oxygens (including phenoxy) is 2. The van der Waals surface area contributed by atoms with Crippen LogP contribution in [0, 0.1) is 0 Å². The molecule has 1 amide bonds. The lowest BCUT2D eigenvalue weighted by molar-refractivity contribution is -0.139. The fourth-order valence-electron chi connectivity index (χ4n) is 3.03. The summed E-state index contributed by atoms with van der Waals surface area (Å²) in [5, 5.41) is 0. The molecule has 156 valence electrons. The van der Waals surface area contributed by atoms with Crippen LogP contribution in [0.3, 0.4) is 0 Å². The number of esters is 1. The van der Waals surface area contributed by atoms with Crippen molar-refractivity contribution >= 4 is 21.9 Å². The van der Waals surface area contributed by atoms with Crippen LogP contribution in [-0.2, 0) is 19.6 Å². The first-order chi connectivity index (χ1) is 13.2. The van der Waals surface area contributed by atoms with Crippen molar-refractivity contribution in [1.29, 1.82) is 0 Å². The molecule has 1 atom stereocenters. The average molecular weight is 413 g/mol. The number of hydrogen-bond donors (Lipinski definition) is 0. The number of rotatable bonds is 6. The van der Waals surface area contributed by atoms with Crippen LogP contribution in [0.15, 0.2) is 23.1 Å². The molecule has 0 aliphatic carbocycles. The van der Waals surface area contributed by atoms with Crippen LogP contribution in [0.5, 0.6) is 5.75 Å². The van der Waals surface area contributed by atoms with Crippen molar-refractivity contribution in [3.05, 3.63) is 23.8 Å². The van der Waals surface area contributed by atoms with Crippen LogP contribution in [0.2, 0.25) is 0 Å². The minimum Gasteiger partial charge on any atom is -0.495 e. The molecule has 0 spiro atoms. The van der Waals surface area contributed by atoms with E-state index >= 15 is 0 Å². The van der Waals surface area contributed by atoms with Gasteiger partial charge in [0.25, 0.3) is 5.91 Å². The molecular weight excluding hydrogens is 384 g/mol. The highest BCUT2D eigenvalue weighted by Gasteiger charge is 2.27. The Kier molecular flexibility index (Phi) is 7.42. The van der Waals surface area contributed by atoms with Crippen molar-refractivity contribution in [1.82, 2.24) is 9.21 Å². The molecule has 1 heterocycles. The van der Waals surface area contributed by atoms with Crippen molar-refractivity contribution < 1.29 is 27.5 Å². The van der Waals surface area contributed by atoms with Gasteiger partial charge in [-0.15, -0.1) is 0 Å². The molecule has 2 rings (SSSR count). The second kappa shape index (κ2) is 9.38. The molecule has 0 unspecified atom stereocenters. The third-order valence-corrected chi connectivity index (χ3v) is 6.54. The molecule has 0 radical (unpaired) electrons. The van der Waals surface area contributed by atoms with Crippen LogP contribution in [-0.4, -0.2) is 69.9 Å². The molecule has 1 aliphatic rings. The van der Waals surface area contributed by atoms with Gasteiger partial charge in [0.1, 0.15) is 10.6 Å². The third kappa shape index (κ3) is 5.02. The average Bonchev–Trinajstić information content (AvgIpc) is 2.95. The Morgan fingerprint density at radius 1 is 1.11 bits per heavy atom. The molecule has 1 fully saturated rings. The molecule has 1 aliphatic heterocycles. The first kappa shape index (κ1) is 22.2. The summed E-state index contributed by atoms with van der Waals surface area (Å²) in [4.78, 5) is 26.7. The third-order valence-electron chi connectivity index (χ3n) is 4.71. The van der Waals surface area contributed by atoms with E-state index in [1.54, 1.807) is 4.90 Å². The summed E-state index contributed by atoms with van der Waals surface area (Å²) in [5.41, 5.74) is 0.0386. The van der Waals surface area contributed by atoms with E-state index in [0.717, 1.165) is 30.0 Å². The lowest BCUT2D eigenvalue weighted by Crippen LogP contribution is -2.40. The maximum atomic E-state index is 12.6. The predicted octanol–water partition coefficient (Wildman–Crippen LogP) is 1.89. The zero-order valence-corrected chi connectivity index (χ0v) is 17.6. The second-order valence-electron chi connectivity index (χ2n) is 6.94. The first-order valence-corrected chi connectivity index (χ1v) is 10.7.